The predicted molar refractivity (Wildman–Crippen MR) is 82.1 cm³/mol. The fraction of sp³-hybridized carbons (Fsp3) is 0.267. The Morgan fingerprint density at radius 2 is 2.14 bits per heavy atom. The summed E-state index contributed by atoms with van der Waals surface area (Å²) in [6, 6.07) is 7.63. The molecule has 3 heterocycles. The Labute approximate surface area is 128 Å². The number of oxazole rings is 1. The van der Waals surface area contributed by atoms with Crippen molar-refractivity contribution in [2.75, 3.05) is 0 Å². The molecule has 0 aliphatic carbocycles. The lowest BCUT2D eigenvalue weighted by Crippen LogP contribution is -2.28. The first-order valence-electron chi connectivity index (χ1n) is 6.88. The minimum absolute atomic E-state index is 0.0975. The molecule has 106 valence electrons. The molecule has 0 radical (unpaired) electrons. The first kappa shape index (κ1) is 12.8. The normalized spacial score (nSPS) is 14.3. The van der Waals surface area contributed by atoms with Gasteiger partial charge in [-0.15, -0.1) is 0 Å². The number of nitrogens with zero attached hydrogens (tertiary/aromatic N) is 3. The molecule has 4 rings (SSSR count). The van der Waals surface area contributed by atoms with Crippen LogP contribution < -0.4 is 5.56 Å². The highest BCUT2D eigenvalue weighted by atomic mass is 79.9. The van der Waals surface area contributed by atoms with Crippen LogP contribution in [0.5, 0.6) is 0 Å². The van der Waals surface area contributed by atoms with Crippen LogP contribution in [0.1, 0.15) is 18.7 Å². The van der Waals surface area contributed by atoms with E-state index in [1.807, 2.05) is 24.3 Å². The number of aromatic nitrogens is 3. The molecular formula is C15H12BrN3O2. The summed E-state index contributed by atoms with van der Waals surface area (Å²) in [4.78, 5) is 21.3. The number of hydrogen-bond donors (Lipinski definition) is 0. The molecule has 1 aliphatic rings. The van der Waals surface area contributed by atoms with Crippen LogP contribution in [0.3, 0.4) is 0 Å². The van der Waals surface area contributed by atoms with E-state index in [2.05, 4.69) is 25.9 Å². The van der Waals surface area contributed by atoms with E-state index in [4.69, 9.17) is 4.42 Å². The zero-order valence-electron chi connectivity index (χ0n) is 11.2. The molecular weight excluding hydrogens is 334 g/mol. The van der Waals surface area contributed by atoms with E-state index in [0.717, 1.165) is 41.7 Å². The van der Waals surface area contributed by atoms with Crippen LogP contribution >= 0.6 is 15.9 Å². The van der Waals surface area contributed by atoms with Crippen molar-refractivity contribution in [1.82, 2.24) is 14.5 Å². The van der Waals surface area contributed by atoms with Crippen LogP contribution in [0, 0.1) is 0 Å². The lowest BCUT2D eigenvalue weighted by atomic mass is 10.1. The number of halogens is 1. The maximum absolute atomic E-state index is 12.5. The molecule has 0 amide bonds. The number of benzene rings is 1. The summed E-state index contributed by atoms with van der Waals surface area (Å²) in [5.74, 6) is 1.23. The molecule has 0 N–H and O–H groups in total. The van der Waals surface area contributed by atoms with Crippen LogP contribution in [0.15, 0.2) is 37.9 Å². The minimum atomic E-state index is -0.0975. The van der Waals surface area contributed by atoms with Crippen LogP contribution in [0.25, 0.3) is 22.7 Å². The fourth-order valence-electron chi connectivity index (χ4n) is 2.67. The van der Waals surface area contributed by atoms with Gasteiger partial charge in [-0.25, -0.2) is 4.98 Å². The quantitative estimate of drug-likeness (QED) is 0.679. The molecule has 0 saturated carbocycles. The van der Waals surface area contributed by atoms with Gasteiger partial charge in [0.1, 0.15) is 5.82 Å². The maximum atomic E-state index is 12.5. The topological polar surface area (TPSA) is 60.9 Å². The molecule has 0 unspecified atom stereocenters. The van der Waals surface area contributed by atoms with Crippen molar-refractivity contribution in [3.05, 3.63) is 44.9 Å². The predicted octanol–water partition coefficient (Wildman–Crippen LogP) is 3.15. The standard InChI is InChI=1S/C15H12BrN3O2/c16-10-5-3-4-9(8-10)13-18-12-14(21-13)17-11-6-1-2-7-19(11)15(12)20/h3-5,8H,1-2,6-7H2. The van der Waals surface area contributed by atoms with Gasteiger partial charge in [0.05, 0.1) is 0 Å². The summed E-state index contributed by atoms with van der Waals surface area (Å²) in [5, 5.41) is 0. The zero-order valence-corrected chi connectivity index (χ0v) is 12.8. The summed E-state index contributed by atoms with van der Waals surface area (Å²) in [6.07, 6.45) is 2.89. The van der Waals surface area contributed by atoms with Crippen molar-refractivity contribution >= 4 is 27.2 Å². The van der Waals surface area contributed by atoms with Gasteiger partial charge in [0.25, 0.3) is 11.3 Å². The minimum Gasteiger partial charge on any atom is -0.417 e. The second kappa shape index (κ2) is 4.80. The highest BCUT2D eigenvalue weighted by Gasteiger charge is 2.19. The molecule has 3 aromatic rings. The Bertz CT molecular complexity index is 898. The van der Waals surface area contributed by atoms with Crippen molar-refractivity contribution in [2.24, 2.45) is 0 Å². The Morgan fingerprint density at radius 1 is 1.24 bits per heavy atom. The summed E-state index contributed by atoms with van der Waals surface area (Å²) in [5.41, 5.74) is 1.38. The van der Waals surface area contributed by atoms with E-state index in [1.165, 1.54) is 0 Å². The Morgan fingerprint density at radius 3 is 3.00 bits per heavy atom. The SMILES string of the molecule is O=c1c2nc(-c3cccc(Br)c3)oc2nc2n1CCCC2. The highest BCUT2D eigenvalue weighted by molar-refractivity contribution is 9.10. The van der Waals surface area contributed by atoms with Crippen molar-refractivity contribution in [1.29, 1.82) is 0 Å². The number of aryl methyl sites for hydroxylation is 1. The first-order valence-corrected chi connectivity index (χ1v) is 7.68. The van der Waals surface area contributed by atoms with E-state index < -0.39 is 0 Å². The number of fused-ring (bicyclic) bond motifs is 2. The van der Waals surface area contributed by atoms with Gasteiger partial charge in [-0.05, 0) is 31.0 Å². The van der Waals surface area contributed by atoms with Crippen LogP contribution in [-0.4, -0.2) is 14.5 Å². The van der Waals surface area contributed by atoms with E-state index in [1.54, 1.807) is 4.57 Å². The largest absolute Gasteiger partial charge is 0.417 e. The first-order chi connectivity index (χ1) is 10.2. The second-order valence-electron chi connectivity index (χ2n) is 5.13. The molecule has 0 spiro atoms. The van der Waals surface area contributed by atoms with Gasteiger partial charge >= 0.3 is 0 Å². The molecule has 5 nitrogen and oxygen atoms in total. The lowest BCUT2D eigenvalue weighted by Gasteiger charge is -2.15. The van der Waals surface area contributed by atoms with E-state index in [-0.39, 0.29) is 5.56 Å². The fourth-order valence-corrected chi connectivity index (χ4v) is 3.07. The average molecular weight is 346 g/mol. The average Bonchev–Trinajstić information content (AvgIpc) is 2.92. The van der Waals surface area contributed by atoms with E-state index in [0.29, 0.717) is 17.1 Å². The summed E-state index contributed by atoms with van der Waals surface area (Å²) in [7, 11) is 0. The molecule has 21 heavy (non-hydrogen) atoms. The summed E-state index contributed by atoms with van der Waals surface area (Å²) >= 11 is 3.42. The molecule has 2 aromatic heterocycles. The zero-order chi connectivity index (χ0) is 14.4. The molecule has 0 atom stereocenters. The molecule has 1 aromatic carbocycles. The van der Waals surface area contributed by atoms with Crippen LogP contribution in [0.2, 0.25) is 0 Å². The Hall–Kier alpha value is -1.95. The maximum Gasteiger partial charge on any atom is 0.283 e. The van der Waals surface area contributed by atoms with Gasteiger partial charge in [0.15, 0.2) is 5.52 Å². The van der Waals surface area contributed by atoms with E-state index >= 15 is 0 Å². The van der Waals surface area contributed by atoms with Gasteiger partial charge in [0, 0.05) is 23.0 Å². The molecule has 0 saturated heterocycles. The van der Waals surface area contributed by atoms with Crippen molar-refractivity contribution in [2.45, 2.75) is 25.8 Å². The Kier molecular flexibility index (Phi) is 2.92. The second-order valence-corrected chi connectivity index (χ2v) is 6.04. The third-order valence-corrected chi connectivity index (χ3v) is 4.20. The van der Waals surface area contributed by atoms with Crippen molar-refractivity contribution in [3.63, 3.8) is 0 Å². The molecule has 1 aliphatic heterocycles. The summed E-state index contributed by atoms with van der Waals surface area (Å²) in [6.45, 7) is 0.718. The van der Waals surface area contributed by atoms with Gasteiger partial charge in [-0.3, -0.25) is 9.36 Å². The number of rotatable bonds is 1. The van der Waals surface area contributed by atoms with Crippen molar-refractivity contribution < 1.29 is 4.42 Å². The smallest absolute Gasteiger partial charge is 0.283 e. The molecule has 0 bridgehead atoms. The monoisotopic (exact) mass is 345 g/mol. The third kappa shape index (κ3) is 2.10. The van der Waals surface area contributed by atoms with Crippen LogP contribution in [0.4, 0.5) is 0 Å². The summed E-state index contributed by atoms with van der Waals surface area (Å²) < 4.78 is 8.36. The number of hydrogen-bond acceptors (Lipinski definition) is 4. The van der Waals surface area contributed by atoms with Gasteiger partial charge < -0.3 is 4.42 Å². The van der Waals surface area contributed by atoms with Gasteiger partial charge in [0.2, 0.25) is 5.89 Å². The molecule has 6 heteroatoms. The Balaban J connectivity index is 1.94. The van der Waals surface area contributed by atoms with Gasteiger partial charge in [-0.2, -0.15) is 4.98 Å². The van der Waals surface area contributed by atoms with Gasteiger partial charge in [-0.1, -0.05) is 22.0 Å². The lowest BCUT2D eigenvalue weighted by molar-refractivity contribution is 0.494. The molecule has 0 fully saturated rings. The van der Waals surface area contributed by atoms with E-state index in [9.17, 15) is 4.79 Å². The van der Waals surface area contributed by atoms with Crippen molar-refractivity contribution in [3.8, 4) is 11.5 Å². The van der Waals surface area contributed by atoms with Crippen LogP contribution in [-0.2, 0) is 13.0 Å². The highest BCUT2D eigenvalue weighted by Crippen LogP contribution is 2.25. The third-order valence-electron chi connectivity index (χ3n) is 3.70.